The van der Waals surface area contributed by atoms with Crippen LogP contribution in [0, 0.1) is 12.7 Å². The number of nitrogens with two attached hydrogens (primary N) is 1. The van der Waals surface area contributed by atoms with Crippen molar-refractivity contribution in [1.82, 2.24) is 0 Å². The van der Waals surface area contributed by atoms with E-state index in [1.165, 1.54) is 6.07 Å². The summed E-state index contributed by atoms with van der Waals surface area (Å²) in [7, 11) is 0. The molecule has 2 N–H and O–H groups in total. The second-order valence-electron chi connectivity index (χ2n) is 2.29. The van der Waals surface area contributed by atoms with Gasteiger partial charge in [-0.05, 0) is 24.1 Å². The average molecular weight is 185 g/mol. The van der Waals surface area contributed by atoms with Crippen molar-refractivity contribution >= 4 is 0 Å². The first-order chi connectivity index (χ1) is 5.74. The molecule has 0 fully saturated rings. The lowest BCUT2D eigenvalue weighted by Crippen LogP contribution is -1.96. The topological polar surface area (TPSA) is 26.0 Å². The molecule has 1 nitrogen and oxygen atoms in total. The maximum absolute atomic E-state index is 12.6. The van der Waals surface area contributed by atoms with E-state index in [0.717, 1.165) is 5.56 Å². The van der Waals surface area contributed by atoms with Gasteiger partial charge in [-0.15, -0.1) is 0 Å². The van der Waals surface area contributed by atoms with Gasteiger partial charge in [-0.1, -0.05) is 33.4 Å². The van der Waals surface area contributed by atoms with E-state index in [9.17, 15) is 4.39 Å². The fraction of sp³-hybridized carbons (Fsp3) is 0.455. The Morgan fingerprint density at radius 3 is 2.23 bits per heavy atom. The second kappa shape index (κ2) is 7.74. The van der Waals surface area contributed by atoms with Gasteiger partial charge < -0.3 is 5.73 Å². The average Bonchev–Trinajstić information content (AvgIpc) is 2.13. The lowest BCUT2D eigenvalue weighted by Gasteiger charge is -1.98. The highest BCUT2D eigenvalue weighted by Crippen LogP contribution is 2.07. The molecule has 1 aromatic carbocycles. The van der Waals surface area contributed by atoms with Crippen LogP contribution in [0.15, 0.2) is 18.2 Å². The minimum absolute atomic E-state index is 0. The molecule has 0 spiro atoms. The smallest absolute Gasteiger partial charge is 0.126 e. The van der Waals surface area contributed by atoms with Gasteiger partial charge >= 0.3 is 0 Å². The summed E-state index contributed by atoms with van der Waals surface area (Å²) in [6, 6.07) is 4.90. The first-order valence-corrected chi connectivity index (χ1v) is 4.19. The molecule has 0 aliphatic heterocycles. The predicted octanol–water partition coefficient (Wildman–Crippen LogP) is 3.26. The molecule has 76 valence electrons. The number of rotatable bonds is 1. The van der Waals surface area contributed by atoms with E-state index < -0.39 is 0 Å². The molecule has 0 bridgehead atoms. The van der Waals surface area contributed by atoms with Gasteiger partial charge in [-0.2, -0.15) is 0 Å². The third-order valence-corrected chi connectivity index (χ3v) is 1.46. The molecule has 0 saturated carbocycles. The molecule has 2 heteroatoms. The second-order valence-corrected chi connectivity index (χ2v) is 2.29. The minimum Gasteiger partial charge on any atom is -0.326 e. The molecule has 0 aliphatic rings. The molecular weight excluding hydrogens is 165 g/mol. The summed E-state index contributed by atoms with van der Waals surface area (Å²) in [5, 5.41) is 0. The number of hydrogen-bond donors (Lipinski definition) is 1. The summed E-state index contributed by atoms with van der Waals surface area (Å²) in [5.41, 5.74) is 6.97. The minimum atomic E-state index is -0.169. The summed E-state index contributed by atoms with van der Waals surface area (Å²) in [6.07, 6.45) is 0. The Kier molecular flexibility index (Phi) is 8.71. The molecule has 0 aliphatic carbocycles. The van der Waals surface area contributed by atoms with Gasteiger partial charge in [0.1, 0.15) is 5.82 Å². The molecule has 0 unspecified atom stereocenters. The van der Waals surface area contributed by atoms with Crippen LogP contribution in [0.1, 0.15) is 32.4 Å². The predicted molar refractivity (Wildman–Crippen MR) is 57.1 cm³/mol. The maximum Gasteiger partial charge on any atom is 0.126 e. The van der Waals surface area contributed by atoms with E-state index in [0.29, 0.717) is 12.1 Å². The quantitative estimate of drug-likeness (QED) is 0.714. The Labute approximate surface area is 80.8 Å². The molecule has 0 saturated heterocycles. The zero-order valence-electron chi connectivity index (χ0n) is 7.89. The van der Waals surface area contributed by atoms with Crippen molar-refractivity contribution in [3.63, 3.8) is 0 Å². The number of aryl methyl sites for hydroxylation is 1. The first kappa shape index (κ1) is 14.6. The standard InChI is InChI=1S/C8H10FN.C2H6.CH4/c1-6-4-7(5-10)2-3-8(6)9;1-2;/h2-4H,5,10H2,1H3;1-2H3;1H4. The van der Waals surface area contributed by atoms with Crippen LogP contribution in [-0.2, 0) is 6.54 Å². The van der Waals surface area contributed by atoms with Crippen LogP contribution >= 0.6 is 0 Å². The van der Waals surface area contributed by atoms with Gasteiger partial charge in [0, 0.05) is 6.54 Å². The van der Waals surface area contributed by atoms with Crippen molar-refractivity contribution in [2.24, 2.45) is 5.73 Å². The zero-order chi connectivity index (χ0) is 9.56. The first-order valence-electron chi connectivity index (χ1n) is 4.19. The number of benzene rings is 1. The van der Waals surface area contributed by atoms with E-state index in [2.05, 4.69) is 0 Å². The summed E-state index contributed by atoms with van der Waals surface area (Å²) >= 11 is 0. The Morgan fingerprint density at radius 1 is 1.31 bits per heavy atom. The van der Waals surface area contributed by atoms with Crippen molar-refractivity contribution in [3.05, 3.63) is 35.1 Å². The number of hydrogen-bond acceptors (Lipinski definition) is 1. The summed E-state index contributed by atoms with van der Waals surface area (Å²) < 4.78 is 12.6. The van der Waals surface area contributed by atoms with Crippen LogP contribution in [0.25, 0.3) is 0 Å². The van der Waals surface area contributed by atoms with Gasteiger partial charge in [-0.25, -0.2) is 4.39 Å². The monoisotopic (exact) mass is 185 g/mol. The Morgan fingerprint density at radius 2 is 1.85 bits per heavy atom. The molecular formula is C11H20FN. The summed E-state index contributed by atoms with van der Waals surface area (Å²) in [6.45, 7) is 6.20. The summed E-state index contributed by atoms with van der Waals surface area (Å²) in [5.74, 6) is -0.169. The lowest BCUT2D eigenvalue weighted by molar-refractivity contribution is 0.617. The largest absolute Gasteiger partial charge is 0.326 e. The van der Waals surface area contributed by atoms with Crippen LogP contribution in [0.5, 0.6) is 0 Å². The van der Waals surface area contributed by atoms with Crippen molar-refractivity contribution < 1.29 is 4.39 Å². The molecule has 1 aromatic rings. The van der Waals surface area contributed by atoms with E-state index in [-0.39, 0.29) is 13.2 Å². The van der Waals surface area contributed by atoms with Gasteiger partial charge in [0.25, 0.3) is 0 Å². The molecule has 0 amide bonds. The van der Waals surface area contributed by atoms with Gasteiger partial charge in [0.15, 0.2) is 0 Å². The van der Waals surface area contributed by atoms with Gasteiger partial charge in [0.2, 0.25) is 0 Å². The van der Waals surface area contributed by atoms with Crippen LogP contribution in [0.4, 0.5) is 4.39 Å². The third kappa shape index (κ3) is 4.63. The zero-order valence-corrected chi connectivity index (χ0v) is 7.89. The normalized spacial score (nSPS) is 8.08. The highest BCUT2D eigenvalue weighted by atomic mass is 19.1. The molecule has 1 rings (SSSR count). The van der Waals surface area contributed by atoms with Crippen molar-refractivity contribution in [1.29, 1.82) is 0 Å². The van der Waals surface area contributed by atoms with Crippen molar-refractivity contribution in [2.45, 2.75) is 34.7 Å². The van der Waals surface area contributed by atoms with Crippen LogP contribution < -0.4 is 5.73 Å². The fourth-order valence-electron chi connectivity index (χ4n) is 0.834. The number of halogens is 1. The van der Waals surface area contributed by atoms with Gasteiger partial charge in [0.05, 0.1) is 0 Å². The third-order valence-electron chi connectivity index (χ3n) is 1.46. The molecule has 0 heterocycles. The highest BCUT2D eigenvalue weighted by Gasteiger charge is 1.95. The van der Waals surface area contributed by atoms with E-state index in [4.69, 9.17) is 5.73 Å². The van der Waals surface area contributed by atoms with E-state index >= 15 is 0 Å². The molecule has 13 heavy (non-hydrogen) atoms. The van der Waals surface area contributed by atoms with Crippen molar-refractivity contribution in [2.75, 3.05) is 0 Å². The summed E-state index contributed by atoms with van der Waals surface area (Å²) in [4.78, 5) is 0. The Balaban J connectivity index is 0. The SMILES string of the molecule is C.CC.Cc1cc(CN)ccc1F. The molecule has 0 atom stereocenters. The Bertz CT molecular complexity index is 234. The molecule has 0 radical (unpaired) electrons. The van der Waals surface area contributed by atoms with E-state index in [1.54, 1.807) is 19.1 Å². The van der Waals surface area contributed by atoms with E-state index in [1.807, 2.05) is 13.8 Å². The maximum atomic E-state index is 12.6. The molecule has 0 aromatic heterocycles. The fourth-order valence-corrected chi connectivity index (χ4v) is 0.834. The van der Waals surface area contributed by atoms with Crippen LogP contribution in [0.3, 0.4) is 0 Å². The highest BCUT2D eigenvalue weighted by molar-refractivity contribution is 5.23. The van der Waals surface area contributed by atoms with Crippen LogP contribution in [0.2, 0.25) is 0 Å². The lowest BCUT2D eigenvalue weighted by atomic mass is 10.1. The van der Waals surface area contributed by atoms with Crippen LogP contribution in [-0.4, -0.2) is 0 Å². The Hall–Kier alpha value is -0.890. The van der Waals surface area contributed by atoms with Crippen molar-refractivity contribution in [3.8, 4) is 0 Å². The van der Waals surface area contributed by atoms with Gasteiger partial charge in [-0.3, -0.25) is 0 Å².